The molecule has 1 fully saturated rings. The van der Waals surface area contributed by atoms with E-state index in [0.29, 0.717) is 16.5 Å². The molecule has 20 heavy (non-hydrogen) atoms. The summed E-state index contributed by atoms with van der Waals surface area (Å²) in [5.41, 5.74) is 0.917. The molecule has 0 saturated heterocycles. The second-order valence-corrected chi connectivity index (χ2v) is 5.81. The smallest absolute Gasteiger partial charge is 0.162 e. The van der Waals surface area contributed by atoms with Gasteiger partial charge in [0.05, 0.1) is 24.9 Å². The first-order valence-electron chi connectivity index (χ1n) is 7.40. The second kappa shape index (κ2) is 7.63. The molecule has 0 amide bonds. The van der Waals surface area contributed by atoms with E-state index in [-0.39, 0.29) is 0 Å². The Morgan fingerprint density at radius 2 is 1.75 bits per heavy atom. The summed E-state index contributed by atoms with van der Waals surface area (Å²) in [5, 5.41) is 4.09. The molecule has 1 aliphatic rings. The zero-order valence-corrected chi connectivity index (χ0v) is 13.1. The molecule has 0 aliphatic heterocycles. The van der Waals surface area contributed by atoms with Gasteiger partial charge in [-0.1, -0.05) is 43.7 Å². The lowest BCUT2D eigenvalue weighted by Crippen LogP contribution is -2.12. The third kappa shape index (κ3) is 3.95. The topological polar surface area (TPSA) is 30.5 Å². The van der Waals surface area contributed by atoms with Gasteiger partial charge in [0.1, 0.15) is 0 Å². The van der Waals surface area contributed by atoms with Crippen LogP contribution in [0, 0.1) is 5.92 Å². The van der Waals surface area contributed by atoms with Gasteiger partial charge in [0, 0.05) is 18.7 Å². The summed E-state index contributed by atoms with van der Waals surface area (Å²) >= 11 is 6.26. The molecule has 1 aromatic rings. The molecule has 2 rings (SSSR count). The van der Waals surface area contributed by atoms with Crippen molar-refractivity contribution in [2.75, 3.05) is 26.1 Å². The first-order chi connectivity index (χ1) is 9.74. The normalized spacial score (nSPS) is 15.9. The summed E-state index contributed by atoms with van der Waals surface area (Å²) in [6.07, 6.45) is 8.16. The van der Waals surface area contributed by atoms with Crippen molar-refractivity contribution < 1.29 is 9.47 Å². The molecule has 0 aromatic heterocycles. The van der Waals surface area contributed by atoms with Gasteiger partial charge in [-0.15, -0.1) is 0 Å². The van der Waals surface area contributed by atoms with Crippen molar-refractivity contribution in [1.29, 1.82) is 0 Å². The van der Waals surface area contributed by atoms with Crippen LogP contribution in [-0.4, -0.2) is 20.8 Å². The van der Waals surface area contributed by atoms with Gasteiger partial charge >= 0.3 is 0 Å². The largest absolute Gasteiger partial charge is 0.493 e. The lowest BCUT2D eigenvalue weighted by Gasteiger charge is -2.22. The number of benzene rings is 1. The maximum atomic E-state index is 6.26. The fourth-order valence-electron chi connectivity index (χ4n) is 2.88. The maximum Gasteiger partial charge on any atom is 0.162 e. The van der Waals surface area contributed by atoms with Crippen LogP contribution in [0.3, 0.4) is 0 Å². The molecular formula is C16H24ClNO2. The Bertz CT molecular complexity index is 431. The molecule has 0 unspecified atom stereocenters. The Morgan fingerprint density at radius 1 is 1.10 bits per heavy atom. The molecule has 0 spiro atoms. The lowest BCUT2D eigenvalue weighted by atomic mass is 9.87. The molecule has 1 aromatic carbocycles. The van der Waals surface area contributed by atoms with Crippen LogP contribution >= 0.6 is 11.6 Å². The van der Waals surface area contributed by atoms with Crippen molar-refractivity contribution in [2.24, 2.45) is 5.92 Å². The van der Waals surface area contributed by atoms with Gasteiger partial charge < -0.3 is 14.8 Å². The summed E-state index contributed by atoms with van der Waals surface area (Å²) in [6.45, 7) is 0.958. The highest BCUT2D eigenvalue weighted by Gasteiger charge is 2.14. The molecule has 0 bridgehead atoms. The van der Waals surface area contributed by atoms with Gasteiger partial charge in [0.25, 0.3) is 0 Å². The average molecular weight is 298 g/mol. The van der Waals surface area contributed by atoms with Gasteiger partial charge in [-0.2, -0.15) is 0 Å². The quantitative estimate of drug-likeness (QED) is 0.822. The van der Waals surface area contributed by atoms with Crippen molar-refractivity contribution >= 4 is 17.3 Å². The van der Waals surface area contributed by atoms with Crippen LogP contribution in [-0.2, 0) is 0 Å². The van der Waals surface area contributed by atoms with Gasteiger partial charge in [-0.25, -0.2) is 0 Å². The van der Waals surface area contributed by atoms with Gasteiger partial charge in [0.15, 0.2) is 11.5 Å². The molecule has 1 saturated carbocycles. The van der Waals surface area contributed by atoms with E-state index in [9.17, 15) is 0 Å². The summed E-state index contributed by atoms with van der Waals surface area (Å²) < 4.78 is 10.5. The molecule has 0 radical (unpaired) electrons. The van der Waals surface area contributed by atoms with Gasteiger partial charge in [0.2, 0.25) is 0 Å². The Labute approximate surface area is 126 Å². The molecular weight excluding hydrogens is 274 g/mol. The third-order valence-electron chi connectivity index (χ3n) is 4.07. The molecule has 0 atom stereocenters. The summed E-state index contributed by atoms with van der Waals surface area (Å²) in [5.74, 6) is 2.24. The first kappa shape index (κ1) is 15.3. The van der Waals surface area contributed by atoms with Crippen molar-refractivity contribution in [3.05, 3.63) is 17.2 Å². The summed E-state index contributed by atoms with van der Waals surface area (Å²) in [4.78, 5) is 0. The van der Waals surface area contributed by atoms with Crippen molar-refractivity contribution in [1.82, 2.24) is 0 Å². The standard InChI is InChI=1S/C16H24ClNO2/c1-19-15-10-13(17)14(11-16(15)20-2)18-9-8-12-6-4-3-5-7-12/h10-12,18H,3-9H2,1-2H3. The molecule has 4 heteroatoms. The van der Waals surface area contributed by atoms with Gasteiger partial charge in [-0.05, 0) is 12.3 Å². The Hall–Kier alpha value is -1.09. The van der Waals surface area contributed by atoms with Crippen LogP contribution in [0.2, 0.25) is 5.02 Å². The van der Waals surface area contributed by atoms with Crippen LogP contribution in [0.25, 0.3) is 0 Å². The van der Waals surface area contributed by atoms with E-state index in [1.54, 1.807) is 20.3 Å². The van der Waals surface area contributed by atoms with E-state index in [0.717, 1.165) is 18.2 Å². The highest BCUT2D eigenvalue weighted by Crippen LogP contribution is 2.36. The van der Waals surface area contributed by atoms with Crippen LogP contribution in [0.4, 0.5) is 5.69 Å². The number of rotatable bonds is 6. The minimum absolute atomic E-state index is 0.662. The molecule has 112 valence electrons. The van der Waals surface area contributed by atoms with E-state index >= 15 is 0 Å². The van der Waals surface area contributed by atoms with E-state index in [4.69, 9.17) is 21.1 Å². The van der Waals surface area contributed by atoms with Crippen molar-refractivity contribution in [3.63, 3.8) is 0 Å². The Morgan fingerprint density at radius 3 is 2.40 bits per heavy atom. The van der Waals surface area contributed by atoms with E-state index in [1.807, 2.05) is 6.07 Å². The predicted molar refractivity (Wildman–Crippen MR) is 84.2 cm³/mol. The number of methoxy groups -OCH3 is 2. The molecule has 3 nitrogen and oxygen atoms in total. The summed E-state index contributed by atoms with van der Waals surface area (Å²) in [7, 11) is 3.25. The fraction of sp³-hybridized carbons (Fsp3) is 0.625. The van der Waals surface area contributed by atoms with Crippen LogP contribution < -0.4 is 14.8 Å². The van der Waals surface area contributed by atoms with E-state index in [1.165, 1.54) is 38.5 Å². The monoisotopic (exact) mass is 297 g/mol. The fourth-order valence-corrected chi connectivity index (χ4v) is 3.10. The van der Waals surface area contributed by atoms with Gasteiger partial charge in [-0.3, -0.25) is 0 Å². The molecule has 1 aliphatic carbocycles. The van der Waals surface area contributed by atoms with Crippen LogP contribution in [0.1, 0.15) is 38.5 Å². The molecule has 0 heterocycles. The number of nitrogens with one attached hydrogen (secondary N) is 1. The predicted octanol–water partition coefficient (Wildman–Crippen LogP) is 4.74. The highest BCUT2D eigenvalue weighted by atomic mass is 35.5. The average Bonchev–Trinajstić information content (AvgIpc) is 2.49. The Kier molecular flexibility index (Phi) is 5.84. The number of anilines is 1. The first-order valence-corrected chi connectivity index (χ1v) is 7.77. The summed E-state index contributed by atoms with van der Waals surface area (Å²) in [6, 6.07) is 3.70. The highest BCUT2D eigenvalue weighted by molar-refractivity contribution is 6.33. The van der Waals surface area contributed by atoms with Crippen molar-refractivity contribution in [2.45, 2.75) is 38.5 Å². The van der Waals surface area contributed by atoms with Crippen LogP contribution in [0.15, 0.2) is 12.1 Å². The maximum absolute atomic E-state index is 6.26. The minimum Gasteiger partial charge on any atom is -0.493 e. The lowest BCUT2D eigenvalue weighted by molar-refractivity contribution is 0.345. The van der Waals surface area contributed by atoms with E-state index in [2.05, 4.69) is 5.32 Å². The zero-order valence-electron chi connectivity index (χ0n) is 12.4. The van der Waals surface area contributed by atoms with Crippen molar-refractivity contribution in [3.8, 4) is 11.5 Å². The number of halogens is 1. The zero-order chi connectivity index (χ0) is 14.4. The third-order valence-corrected chi connectivity index (χ3v) is 4.38. The molecule has 1 N–H and O–H groups in total. The minimum atomic E-state index is 0.662. The number of hydrogen-bond donors (Lipinski definition) is 1. The number of ether oxygens (including phenoxy) is 2. The second-order valence-electron chi connectivity index (χ2n) is 5.41. The van der Waals surface area contributed by atoms with Crippen LogP contribution in [0.5, 0.6) is 11.5 Å². The van der Waals surface area contributed by atoms with E-state index < -0.39 is 0 Å². The number of hydrogen-bond acceptors (Lipinski definition) is 3. The Balaban J connectivity index is 1.91. The SMILES string of the molecule is COc1cc(Cl)c(NCCC2CCCCC2)cc1OC.